The number of nitrogens with two attached hydrogens (primary N) is 2. The first-order valence-corrected chi connectivity index (χ1v) is 11.4. The van der Waals surface area contributed by atoms with Crippen molar-refractivity contribution in [3.05, 3.63) is 48.5 Å². The van der Waals surface area contributed by atoms with Gasteiger partial charge >= 0.3 is 0 Å². The zero-order chi connectivity index (χ0) is 23.2. The third-order valence-electron chi connectivity index (χ3n) is 5.22. The Morgan fingerprint density at radius 2 is 1.06 bits per heavy atom. The predicted molar refractivity (Wildman–Crippen MR) is 132 cm³/mol. The summed E-state index contributed by atoms with van der Waals surface area (Å²) in [5, 5.41) is 17.8. The third kappa shape index (κ3) is 4.85. The molecule has 0 fully saturated rings. The van der Waals surface area contributed by atoms with Crippen LogP contribution in [0, 0.1) is 0 Å². The van der Waals surface area contributed by atoms with Crippen molar-refractivity contribution in [1.82, 2.24) is 8.75 Å². The summed E-state index contributed by atoms with van der Waals surface area (Å²) in [4.78, 5) is 0. The Labute approximate surface area is 195 Å². The molecule has 0 radical (unpaired) electrons. The van der Waals surface area contributed by atoms with Crippen LogP contribution in [0.2, 0.25) is 0 Å². The Bertz CT molecular complexity index is 1120. The van der Waals surface area contributed by atoms with Crippen LogP contribution >= 0.6 is 11.7 Å². The number of benzene rings is 3. The lowest BCUT2D eigenvalue weighted by Crippen LogP contribution is -2.03. The highest BCUT2D eigenvalue weighted by atomic mass is 32.1. The normalized spacial score (nSPS) is 11.1. The summed E-state index contributed by atoms with van der Waals surface area (Å²) in [6.07, 6.45) is 1.15. The third-order valence-corrected chi connectivity index (χ3v) is 5.75. The summed E-state index contributed by atoms with van der Waals surface area (Å²) in [5.41, 5.74) is 18.6. The van der Waals surface area contributed by atoms with Crippen molar-refractivity contribution < 1.29 is 19.7 Å². The molecule has 33 heavy (non-hydrogen) atoms. The van der Waals surface area contributed by atoms with Crippen molar-refractivity contribution in [3.63, 3.8) is 0 Å². The molecule has 6 N–H and O–H groups in total. The largest absolute Gasteiger partial charge is 0.494 e. The summed E-state index contributed by atoms with van der Waals surface area (Å²) in [5.74, 6) is 1.42. The highest BCUT2D eigenvalue weighted by Crippen LogP contribution is 2.44. The first kappa shape index (κ1) is 22.8. The molecule has 0 saturated heterocycles. The van der Waals surface area contributed by atoms with Gasteiger partial charge in [0, 0.05) is 37.2 Å². The molecule has 172 valence electrons. The number of ether oxygens (including phenoxy) is 2. The van der Waals surface area contributed by atoms with Crippen LogP contribution in [0.4, 0.5) is 11.4 Å². The number of nitrogens with zero attached hydrogens (tertiary/aromatic N) is 2. The van der Waals surface area contributed by atoms with E-state index in [1.54, 1.807) is 0 Å². The molecule has 1 aromatic heterocycles. The van der Waals surface area contributed by atoms with Crippen LogP contribution in [-0.4, -0.2) is 45.4 Å². The number of aliphatic hydroxyl groups excluding tert-OH is 2. The molecule has 0 saturated carbocycles. The van der Waals surface area contributed by atoms with Crippen LogP contribution in [-0.2, 0) is 0 Å². The summed E-state index contributed by atoms with van der Waals surface area (Å²) in [7, 11) is 0. The van der Waals surface area contributed by atoms with Crippen LogP contribution in [0.1, 0.15) is 12.8 Å². The molecule has 0 unspecified atom stereocenters. The summed E-state index contributed by atoms with van der Waals surface area (Å²) < 4.78 is 20.3. The molecule has 0 aliphatic rings. The topological polar surface area (TPSA) is 137 Å². The van der Waals surface area contributed by atoms with Gasteiger partial charge in [-0.25, -0.2) is 0 Å². The van der Waals surface area contributed by atoms with Crippen molar-refractivity contribution in [2.24, 2.45) is 0 Å². The Morgan fingerprint density at radius 1 is 0.667 bits per heavy atom. The number of hydrogen-bond donors (Lipinski definition) is 4. The maximum atomic E-state index is 8.90. The van der Waals surface area contributed by atoms with E-state index in [1.165, 1.54) is 0 Å². The lowest BCUT2D eigenvalue weighted by Gasteiger charge is -2.15. The molecule has 4 aromatic rings. The number of aromatic nitrogens is 2. The lowest BCUT2D eigenvalue weighted by atomic mass is 9.94. The van der Waals surface area contributed by atoms with Crippen LogP contribution in [0.25, 0.3) is 33.3 Å². The van der Waals surface area contributed by atoms with Gasteiger partial charge in [-0.05, 0) is 35.4 Å². The van der Waals surface area contributed by atoms with Crippen LogP contribution in [0.15, 0.2) is 48.5 Å². The van der Waals surface area contributed by atoms with Gasteiger partial charge in [0.05, 0.1) is 36.3 Å². The predicted octanol–water partition coefficient (Wildman–Crippen LogP) is 3.71. The van der Waals surface area contributed by atoms with Gasteiger partial charge in [0.2, 0.25) is 0 Å². The Morgan fingerprint density at radius 3 is 1.42 bits per heavy atom. The van der Waals surface area contributed by atoms with Gasteiger partial charge < -0.3 is 31.2 Å². The second-order valence-electron chi connectivity index (χ2n) is 7.44. The minimum Gasteiger partial charge on any atom is -0.494 e. The fourth-order valence-corrected chi connectivity index (χ4v) is 4.13. The van der Waals surface area contributed by atoms with E-state index in [0.29, 0.717) is 60.0 Å². The molecule has 4 rings (SSSR count). The number of nitrogen functional groups attached to an aromatic ring is 2. The monoisotopic (exact) mass is 466 g/mol. The second kappa shape index (κ2) is 10.5. The lowest BCUT2D eigenvalue weighted by molar-refractivity contribution is 0.233. The van der Waals surface area contributed by atoms with E-state index in [2.05, 4.69) is 8.75 Å². The minimum atomic E-state index is 0.0918. The summed E-state index contributed by atoms with van der Waals surface area (Å²) in [6.45, 7) is 1.08. The van der Waals surface area contributed by atoms with Gasteiger partial charge in [-0.3, -0.25) is 0 Å². The Hall–Kier alpha value is -3.40. The summed E-state index contributed by atoms with van der Waals surface area (Å²) in [6, 6.07) is 15.1. The molecule has 0 aliphatic carbocycles. The van der Waals surface area contributed by atoms with Crippen molar-refractivity contribution in [2.45, 2.75) is 12.8 Å². The van der Waals surface area contributed by atoms with E-state index in [1.807, 2.05) is 48.5 Å². The number of hydrogen-bond acceptors (Lipinski definition) is 9. The molecular formula is C24H26N4O4S. The van der Waals surface area contributed by atoms with E-state index in [9.17, 15) is 0 Å². The number of anilines is 2. The number of fused-ring (bicyclic) bond motifs is 1. The number of rotatable bonds is 10. The zero-order valence-electron chi connectivity index (χ0n) is 18.0. The number of aliphatic hydroxyl groups is 2. The van der Waals surface area contributed by atoms with Gasteiger partial charge in [0.1, 0.15) is 22.5 Å². The van der Waals surface area contributed by atoms with Crippen LogP contribution in [0.5, 0.6) is 11.5 Å². The van der Waals surface area contributed by atoms with E-state index < -0.39 is 0 Å². The van der Waals surface area contributed by atoms with Crippen molar-refractivity contribution in [3.8, 4) is 33.8 Å². The molecule has 0 atom stereocenters. The van der Waals surface area contributed by atoms with Crippen molar-refractivity contribution >= 4 is 34.1 Å². The smallest absolute Gasteiger partial charge is 0.119 e. The molecule has 0 amide bonds. The standard InChI is InChI=1S/C24H26N4O4S/c25-21-19(15-3-7-17(8-4-15)31-13-1-11-29)23-24(28-33-27-23)20(22(21)26)16-5-9-18(10-6-16)32-14-2-12-30/h3-10,29-30H,1-2,11-14,25-26H2. The average molecular weight is 467 g/mol. The second-order valence-corrected chi connectivity index (χ2v) is 7.97. The van der Waals surface area contributed by atoms with Crippen molar-refractivity contribution in [1.29, 1.82) is 0 Å². The Balaban J connectivity index is 1.69. The van der Waals surface area contributed by atoms with Gasteiger partial charge in [-0.2, -0.15) is 8.75 Å². The molecule has 8 nitrogen and oxygen atoms in total. The van der Waals surface area contributed by atoms with E-state index in [4.69, 9.17) is 31.2 Å². The summed E-state index contributed by atoms with van der Waals surface area (Å²) >= 11 is 1.11. The van der Waals surface area contributed by atoms with Gasteiger partial charge in [-0.1, -0.05) is 24.3 Å². The molecule has 1 heterocycles. The van der Waals surface area contributed by atoms with Crippen LogP contribution < -0.4 is 20.9 Å². The van der Waals surface area contributed by atoms with E-state index in [0.717, 1.165) is 34.0 Å². The molecular weight excluding hydrogens is 440 g/mol. The molecule has 3 aromatic carbocycles. The molecule has 0 bridgehead atoms. The van der Waals surface area contributed by atoms with E-state index in [-0.39, 0.29) is 13.2 Å². The van der Waals surface area contributed by atoms with Crippen LogP contribution in [0.3, 0.4) is 0 Å². The average Bonchev–Trinajstić information content (AvgIpc) is 3.31. The first-order valence-electron chi connectivity index (χ1n) is 10.7. The minimum absolute atomic E-state index is 0.0918. The van der Waals surface area contributed by atoms with Gasteiger partial charge in [0.15, 0.2) is 0 Å². The molecule has 9 heteroatoms. The van der Waals surface area contributed by atoms with Gasteiger partial charge in [-0.15, -0.1) is 0 Å². The highest BCUT2D eigenvalue weighted by molar-refractivity contribution is 7.00. The van der Waals surface area contributed by atoms with Gasteiger partial charge in [0.25, 0.3) is 0 Å². The molecule has 0 aliphatic heterocycles. The quantitative estimate of drug-likeness (QED) is 0.205. The Kier molecular flexibility index (Phi) is 7.23. The maximum absolute atomic E-state index is 8.90. The van der Waals surface area contributed by atoms with E-state index >= 15 is 0 Å². The SMILES string of the molecule is Nc1c(N)c(-c2ccc(OCCCO)cc2)c2nsnc2c1-c1ccc(OCCCO)cc1. The highest BCUT2D eigenvalue weighted by Gasteiger charge is 2.21. The van der Waals surface area contributed by atoms with Crippen molar-refractivity contribution in [2.75, 3.05) is 37.9 Å². The fourth-order valence-electron chi connectivity index (χ4n) is 3.57. The molecule has 0 spiro atoms. The maximum Gasteiger partial charge on any atom is 0.119 e. The fraction of sp³-hybridized carbons (Fsp3) is 0.250. The first-order chi connectivity index (χ1) is 16.1. The zero-order valence-corrected chi connectivity index (χ0v) is 18.8.